The van der Waals surface area contributed by atoms with Crippen molar-refractivity contribution in [1.29, 1.82) is 0 Å². The summed E-state index contributed by atoms with van der Waals surface area (Å²) in [5.41, 5.74) is 2.34. The molecule has 2 aromatic rings. The van der Waals surface area contributed by atoms with E-state index < -0.39 is 39.1 Å². The number of alkyl halides is 6. The van der Waals surface area contributed by atoms with Gasteiger partial charge in [0, 0.05) is 32.0 Å². The molecule has 0 N–H and O–H groups in total. The van der Waals surface area contributed by atoms with Crippen molar-refractivity contribution < 1.29 is 141 Å². The van der Waals surface area contributed by atoms with Crippen LogP contribution in [0.1, 0.15) is 35.0 Å². The Kier molecular flexibility index (Phi) is 29.9. The van der Waals surface area contributed by atoms with Gasteiger partial charge in [-0.05, 0) is 0 Å². The van der Waals surface area contributed by atoms with Gasteiger partial charge in [0.1, 0.15) is 6.29 Å². The van der Waals surface area contributed by atoms with E-state index in [4.69, 9.17) is 0 Å². The average Bonchev–Trinajstić information content (AvgIpc) is 2.71. The van der Waals surface area contributed by atoms with Crippen molar-refractivity contribution in [3.8, 4) is 0 Å². The van der Waals surface area contributed by atoms with E-state index >= 15 is 0 Å². The topological polar surface area (TPSA) is 34.1 Å². The molecule has 0 aliphatic rings. The molecule has 3 radical (unpaired) electrons. The van der Waals surface area contributed by atoms with E-state index in [1.807, 2.05) is 37.8 Å². The van der Waals surface area contributed by atoms with Crippen molar-refractivity contribution in [3.63, 3.8) is 0 Å². The molecule has 36 heavy (non-hydrogen) atoms. The van der Waals surface area contributed by atoms with Crippen molar-refractivity contribution in [3.05, 3.63) is 83.6 Å². The molecular formula is C23H27BCsF7NaO2Si. The maximum atomic E-state index is 11.8. The maximum absolute atomic E-state index is 11.8. The first-order valence-corrected chi connectivity index (χ1v) is 13.1. The first kappa shape index (κ1) is 46.2. The van der Waals surface area contributed by atoms with Gasteiger partial charge in [0.2, 0.25) is 0 Å². The van der Waals surface area contributed by atoms with Crippen LogP contribution < -0.4 is 103 Å². The van der Waals surface area contributed by atoms with Crippen molar-refractivity contribution >= 4 is 28.6 Å². The Labute approximate surface area is 293 Å². The summed E-state index contributed by atoms with van der Waals surface area (Å²) in [5.74, 6) is -0.470. The van der Waals surface area contributed by atoms with Gasteiger partial charge in [0.15, 0.2) is 5.78 Å². The van der Waals surface area contributed by atoms with Crippen LogP contribution in [0.25, 0.3) is 0 Å². The van der Waals surface area contributed by atoms with E-state index in [-0.39, 0.29) is 113 Å². The van der Waals surface area contributed by atoms with Gasteiger partial charge in [0.05, 0.1) is 14.5 Å². The zero-order valence-electron chi connectivity index (χ0n) is 22.0. The normalized spacial score (nSPS) is 10.4. The predicted molar refractivity (Wildman–Crippen MR) is 123 cm³/mol. The molecule has 189 valence electrons. The molecule has 0 heterocycles. The summed E-state index contributed by atoms with van der Waals surface area (Å²) >= 11 is 0. The molecular weight excluding hydrogens is 636 g/mol. The molecule has 0 saturated heterocycles. The summed E-state index contributed by atoms with van der Waals surface area (Å²) in [4.78, 5) is 21.2. The van der Waals surface area contributed by atoms with Crippen LogP contribution in [0, 0.1) is 0 Å². The van der Waals surface area contributed by atoms with Gasteiger partial charge in [-0.1, -0.05) is 86.0 Å². The Bertz CT molecular complexity index is 836. The fourth-order valence-electron chi connectivity index (χ4n) is 1.90. The third-order valence-corrected chi connectivity index (χ3v) is 4.61. The fraction of sp³-hybridized carbons (Fsp3) is 0.304. The van der Waals surface area contributed by atoms with Crippen molar-refractivity contribution in [2.24, 2.45) is 0 Å². The molecule has 0 amide bonds. The minimum absolute atomic E-state index is 0. The minimum Gasteiger partial charge on any atom is -1.00 e. The molecule has 0 atom stereocenters. The van der Waals surface area contributed by atoms with Crippen LogP contribution in [-0.4, -0.2) is 40.9 Å². The molecule has 2 aromatic carbocycles. The number of aldehydes is 1. The van der Waals surface area contributed by atoms with Gasteiger partial charge < -0.3 is 6.13 Å². The molecule has 0 aliphatic carbocycles. The second kappa shape index (κ2) is 23.3. The molecule has 13 heteroatoms. The molecule has 0 bridgehead atoms. The third kappa shape index (κ3) is 30.6. The monoisotopic (exact) mass is 663 g/mol. The molecule has 2 nitrogen and oxygen atoms in total. The molecule has 0 saturated carbocycles. The van der Waals surface area contributed by atoms with E-state index in [9.17, 15) is 35.9 Å². The summed E-state index contributed by atoms with van der Waals surface area (Å²) in [6.07, 6.45) is -8.77. The summed E-state index contributed by atoms with van der Waals surface area (Å²) < 4.78 is 69.9. The largest absolute Gasteiger partial charge is 1.00 e. The van der Waals surface area contributed by atoms with E-state index in [1.54, 1.807) is 30.3 Å². The van der Waals surface area contributed by atoms with Crippen molar-refractivity contribution in [2.45, 2.75) is 44.8 Å². The number of Topliss-reactive ketones (excluding diaryl/α,β-unsaturated/α-hetero) is 1. The summed E-state index contributed by atoms with van der Waals surface area (Å²) in [7, 11) is -1.67. The van der Waals surface area contributed by atoms with Gasteiger partial charge in [-0.15, -0.1) is 0 Å². The number of benzene rings is 2. The van der Waals surface area contributed by atoms with Gasteiger partial charge in [-0.2, -0.15) is 26.3 Å². The van der Waals surface area contributed by atoms with Crippen molar-refractivity contribution in [2.75, 3.05) is 0 Å². The van der Waals surface area contributed by atoms with Crippen LogP contribution in [0.5, 0.6) is 0 Å². The summed E-state index contributed by atoms with van der Waals surface area (Å²) in [5, 5.41) is 0. The Morgan fingerprint density at radius 3 is 1.58 bits per heavy atom. The smallest absolute Gasteiger partial charge is 1.00 e. The molecule has 0 aliphatic heterocycles. The number of rotatable bonds is 5. The molecule has 0 unspecified atom stereocenters. The van der Waals surface area contributed by atoms with Crippen LogP contribution in [-0.2, 0) is 0 Å². The summed E-state index contributed by atoms with van der Waals surface area (Å²) in [6.45, 7) is 5.57. The quantitative estimate of drug-likeness (QED) is 0.168. The third-order valence-electron chi connectivity index (χ3n) is 3.44. The zero-order valence-corrected chi connectivity index (χ0v) is 30.2. The second-order valence-electron chi connectivity index (χ2n) is 7.67. The number of halogens is 7. The number of carbonyl (C=O) groups excluding carboxylic acids is 2. The Morgan fingerprint density at radius 1 is 0.889 bits per heavy atom. The van der Waals surface area contributed by atoms with Crippen LogP contribution in [0.3, 0.4) is 0 Å². The standard InChI is InChI=1S/C10H9F3O.C7H6O.C6H11F3Si.B.Cs.FH.Na.H/c11-10(12,13)7-6-9(14)8-4-2-1-3-5-8;8-6-7-4-2-1-3-5-7;1-10(2,3)5-4-6(7,8)9;;;;;/h1-5H,6-7H2;1-6H;4-5H,1-3H3;;;1H;;/q;;;;+1;;+1;-1/p-1/b;;5-4+;;;;;. The first-order chi connectivity index (χ1) is 14.6. The van der Waals surface area contributed by atoms with Crippen LogP contribution in [0.2, 0.25) is 19.6 Å². The van der Waals surface area contributed by atoms with Crippen molar-refractivity contribution in [1.82, 2.24) is 0 Å². The van der Waals surface area contributed by atoms with Gasteiger partial charge in [0.25, 0.3) is 0 Å². The average molecular weight is 663 g/mol. The number of hydrogen-bond acceptors (Lipinski definition) is 2. The molecule has 0 spiro atoms. The minimum atomic E-state index is -4.26. The molecule has 0 fully saturated rings. The number of hydrogen-bond donors (Lipinski definition) is 0. The summed E-state index contributed by atoms with van der Waals surface area (Å²) in [6, 6.07) is 17.1. The Balaban J connectivity index is -0.0000000944. The predicted octanol–water partition coefficient (Wildman–Crippen LogP) is -1.56. The van der Waals surface area contributed by atoms with Gasteiger partial charge in [-0.3, -0.25) is 9.59 Å². The van der Waals surface area contributed by atoms with Crippen LogP contribution >= 0.6 is 0 Å². The number of allylic oxidation sites excluding steroid dienone is 1. The Morgan fingerprint density at radius 2 is 1.31 bits per heavy atom. The van der Waals surface area contributed by atoms with E-state index in [0.29, 0.717) is 11.6 Å². The number of carbonyl (C=O) groups is 2. The second-order valence-corrected chi connectivity index (χ2v) is 12.7. The molecule has 2 rings (SSSR count). The fourth-order valence-corrected chi connectivity index (χ4v) is 2.59. The van der Waals surface area contributed by atoms with E-state index in [2.05, 4.69) is 0 Å². The van der Waals surface area contributed by atoms with E-state index in [0.717, 1.165) is 11.8 Å². The maximum Gasteiger partial charge on any atom is 1.00 e. The molecule has 0 aromatic heterocycles. The SMILES string of the molecule is C[Si](C)(C)/C=C/C(F)(F)F.O=C(CCC(F)(F)F)c1ccccc1.O=Cc1ccccc1.[B].[Cs+].[F-].[H-].[Na+]. The van der Waals surface area contributed by atoms with Gasteiger partial charge in [-0.25, -0.2) is 0 Å². The van der Waals surface area contributed by atoms with Gasteiger partial charge >= 0.3 is 111 Å². The zero-order chi connectivity index (χ0) is 24.8. The van der Waals surface area contributed by atoms with E-state index in [1.165, 1.54) is 17.8 Å². The number of ketones is 1. The van der Waals surface area contributed by atoms with Crippen LogP contribution in [0.4, 0.5) is 26.3 Å². The Hall–Kier alpha value is 0.364. The van der Waals surface area contributed by atoms with Crippen LogP contribution in [0.15, 0.2) is 72.4 Å². The first-order valence-electron chi connectivity index (χ1n) is 9.55.